The Morgan fingerprint density at radius 2 is 1.85 bits per heavy atom. The van der Waals surface area contributed by atoms with Gasteiger partial charge in [0.05, 0.1) is 12.7 Å². The molecule has 4 nitrogen and oxygen atoms in total. The molecule has 0 saturated heterocycles. The molecule has 0 aliphatic rings. The third-order valence-electron chi connectivity index (χ3n) is 3.31. The molecule has 1 aromatic carbocycles. The van der Waals surface area contributed by atoms with Crippen molar-refractivity contribution in [1.82, 2.24) is 10.2 Å². The second-order valence-electron chi connectivity index (χ2n) is 5.68. The van der Waals surface area contributed by atoms with Crippen LogP contribution in [0.4, 0.5) is 0 Å². The van der Waals surface area contributed by atoms with E-state index in [1.54, 1.807) is 12.1 Å². The Labute approximate surface area is 122 Å². The molecule has 1 aromatic rings. The molecule has 1 atom stereocenters. The molecule has 20 heavy (non-hydrogen) atoms. The first-order valence-corrected chi connectivity index (χ1v) is 6.99. The number of carbonyl (C=O) groups excluding carboxylic acids is 1. The lowest BCUT2D eigenvalue weighted by Crippen LogP contribution is -2.41. The van der Waals surface area contributed by atoms with E-state index in [2.05, 4.69) is 42.9 Å². The number of methoxy groups -OCH3 is 1. The second kappa shape index (κ2) is 8.02. The van der Waals surface area contributed by atoms with Gasteiger partial charge in [-0.05, 0) is 37.7 Å². The van der Waals surface area contributed by atoms with E-state index >= 15 is 0 Å². The van der Waals surface area contributed by atoms with E-state index in [4.69, 9.17) is 0 Å². The molecule has 0 spiro atoms. The predicted octanol–water partition coefficient (Wildman–Crippen LogP) is 2.15. The minimum absolute atomic E-state index is 0.294. The van der Waals surface area contributed by atoms with Crippen molar-refractivity contribution in [2.45, 2.75) is 26.4 Å². The lowest BCUT2D eigenvalue weighted by molar-refractivity contribution is 0.0600. The highest BCUT2D eigenvalue weighted by Crippen LogP contribution is 2.08. The van der Waals surface area contributed by atoms with Gasteiger partial charge in [0.2, 0.25) is 0 Å². The van der Waals surface area contributed by atoms with Crippen LogP contribution in [0, 0.1) is 5.92 Å². The van der Waals surface area contributed by atoms with E-state index in [0.717, 1.165) is 13.1 Å². The minimum Gasteiger partial charge on any atom is -0.465 e. The van der Waals surface area contributed by atoms with Gasteiger partial charge >= 0.3 is 5.97 Å². The first-order chi connectivity index (χ1) is 9.43. The van der Waals surface area contributed by atoms with Crippen LogP contribution in [0.1, 0.15) is 29.8 Å². The van der Waals surface area contributed by atoms with Gasteiger partial charge in [-0.25, -0.2) is 4.79 Å². The third-order valence-corrected chi connectivity index (χ3v) is 3.31. The van der Waals surface area contributed by atoms with Gasteiger partial charge in [0, 0.05) is 19.1 Å². The van der Waals surface area contributed by atoms with Crippen molar-refractivity contribution < 1.29 is 9.53 Å². The molecule has 0 heterocycles. The van der Waals surface area contributed by atoms with E-state index in [0.29, 0.717) is 17.5 Å². The average Bonchev–Trinajstić information content (AvgIpc) is 2.42. The molecule has 0 bridgehead atoms. The fourth-order valence-electron chi connectivity index (χ4n) is 2.03. The summed E-state index contributed by atoms with van der Waals surface area (Å²) in [5.41, 5.74) is 1.76. The lowest BCUT2D eigenvalue weighted by Gasteiger charge is -2.25. The summed E-state index contributed by atoms with van der Waals surface area (Å²) in [4.78, 5) is 13.6. The smallest absolute Gasteiger partial charge is 0.337 e. The second-order valence-corrected chi connectivity index (χ2v) is 5.68. The summed E-state index contributed by atoms with van der Waals surface area (Å²) in [6.07, 6.45) is 0. The number of hydrogen-bond donors (Lipinski definition) is 1. The summed E-state index contributed by atoms with van der Waals surface area (Å²) < 4.78 is 4.69. The zero-order chi connectivity index (χ0) is 15.1. The molecular formula is C16H26N2O2. The maximum atomic E-state index is 11.4. The number of benzene rings is 1. The van der Waals surface area contributed by atoms with Crippen molar-refractivity contribution in [3.05, 3.63) is 35.4 Å². The fourth-order valence-corrected chi connectivity index (χ4v) is 2.03. The highest BCUT2D eigenvalue weighted by molar-refractivity contribution is 5.89. The monoisotopic (exact) mass is 278 g/mol. The number of rotatable bonds is 7. The SMILES string of the molecule is COC(=O)c1ccc(CNC(CN(C)C)C(C)C)cc1. The first kappa shape index (κ1) is 16.7. The maximum Gasteiger partial charge on any atom is 0.337 e. The Morgan fingerprint density at radius 1 is 1.25 bits per heavy atom. The Balaban J connectivity index is 2.57. The maximum absolute atomic E-state index is 11.4. The Kier molecular flexibility index (Phi) is 6.68. The third kappa shape index (κ3) is 5.31. The molecule has 0 aliphatic carbocycles. The summed E-state index contributed by atoms with van der Waals surface area (Å²) in [6.45, 7) is 6.26. The van der Waals surface area contributed by atoms with Crippen molar-refractivity contribution in [3.8, 4) is 0 Å². The summed E-state index contributed by atoms with van der Waals surface area (Å²) in [6, 6.07) is 7.99. The molecular weight excluding hydrogens is 252 g/mol. The normalized spacial score (nSPS) is 12.8. The summed E-state index contributed by atoms with van der Waals surface area (Å²) in [5, 5.41) is 3.57. The van der Waals surface area contributed by atoms with Crippen molar-refractivity contribution in [2.75, 3.05) is 27.7 Å². The molecule has 1 unspecified atom stereocenters. The van der Waals surface area contributed by atoms with E-state index < -0.39 is 0 Å². The van der Waals surface area contributed by atoms with Gasteiger partial charge in [0.1, 0.15) is 0 Å². The molecule has 0 aromatic heterocycles. The van der Waals surface area contributed by atoms with Crippen LogP contribution in [-0.4, -0.2) is 44.7 Å². The van der Waals surface area contributed by atoms with E-state index in [1.165, 1.54) is 12.7 Å². The van der Waals surface area contributed by atoms with E-state index in [-0.39, 0.29) is 5.97 Å². The highest BCUT2D eigenvalue weighted by atomic mass is 16.5. The standard InChI is InChI=1S/C16H26N2O2/c1-12(2)15(11-18(3)4)17-10-13-6-8-14(9-7-13)16(19)20-5/h6-9,12,15,17H,10-11H2,1-5H3. The number of carbonyl (C=O) groups is 1. The molecule has 0 saturated carbocycles. The predicted molar refractivity (Wildman–Crippen MR) is 81.8 cm³/mol. The number of nitrogens with zero attached hydrogens (tertiary/aromatic N) is 1. The van der Waals surface area contributed by atoms with Gasteiger partial charge in [-0.15, -0.1) is 0 Å². The van der Waals surface area contributed by atoms with Crippen LogP contribution in [-0.2, 0) is 11.3 Å². The van der Waals surface area contributed by atoms with Crippen molar-refractivity contribution >= 4 is 5.97 Å². The quantitative estimate of drug-likeness (QED) is 0.776. The Bertz CT molecular complexity index is 413. The molecule has 1 N–H and O–H groups in total. The van der Waals surface area contributed by atoms with Crippen LogP contribution in [0.2, 0.25) is 0 Å². The Hall–Kier alpha value is -1.39. The summed E-state index contributed by atoms with van der Waals surface area (Å²) >= 11 is 0. The van der Waals surface area contributed by atoms with Gasteiger partial charge in [0.15, 0.2) is 0 Å². The number of nitrogens with one attached hydrogen (secondary N) is 1. The zero-order valence-corrected chi connectivity index (χ0v) is 13.1. The van der Waals surface area contributed by atoms with Crippen LogP contribution in [0.5, 0.6) is 0 Å². The first-order valence-electron chi connectivity index (χ1n) is 6.99. The molecule has 0 fully saturated rings. The largest absolute Gasteiger partial charge is 0.465 e. The van der Waals surface area contributed by atoms with E-state index in [9.17, 15) is 4.79 Å². The van der Waals surface area contributed by atoms with Gasteiger partial charge < -0.3 is 15.0 Å². The van der Waals surface area contributed by atoms with Crippen LogP contribution in [0.25, 0.3) is 0 Å². The molecule has 4 heteroatoms. The molecule has 1 rings (SSSR count). The number of likely N-dealkylation sites (N-methyl/N-ethyl adjacent to an activating group) is 1. The van der Waals surface area contributed by atoms with Crippen LogP contribution in [0.3, 0.4) is 0 Å². The van der Waals surface area contributed by atoms with Gasteiger partial charge in [-0.3, -0.25) is 0 Å². The highest BCUT2D eigenvalue weighted by Gasteiger charge is 2.13. The van der Waals surface area contributed by atoms with Gasteiger partial charge in [-0.1, -0.05) is 26.0 Å². The van der Waals surface area contributed by atoms with Crippen LogP contribution >= 0.6 is 0 Å². The summed E-state index contributed by atoms with van der Waals surface area (Å²) in [5.74, 6) is 0.281. The number of esters is 1. The van der Waals surface area contributed by atoms with Gasteiger partial charge in [-0.2, -0.15) is 0 Å². The lowest BCUT2D eigenvalue weighted by atomic mass is 10.0. The average molecular weight is 278 g/mol. The van der Waals surface area contributed by atoms with Crippen molar-refractivity contribution in [1.29, 1.82) is 0 Å². The Morgan fingerprint density at radius 3 is 2.30 bits per heavy atom. The molecule has 0 aliphatic heterocycles. The fraction of sp³-hybridized carbons (Fsp3) is 0.562. The summed E-state index contributed by atoms with van der Waals surface area (Å²) in [7, 11) is 5.57. The zero-order valence-electron chi connectivity index (χ0n) is 13.1. The van der Waals surface area contributed by atoms with Crippen molar-refractivity contribution in [3.63, 3.8) is 0 Å². The van der Waals surface area contributed by atoms with Gasteiger partial charge in [0.25, 0.3) is 0 Å². The topological polar surface area (TPSA) is 41.6 Å². The number of ether oxygens (including phenoxy) is 1. The van der Waals surface area contributed by atoms with Crippen molar-refractivity contribution in [2.24, 2.45) is 5.92 Å². The van der Waals surface area contributed by atoms with Crippen LogP contribution < -0.4 is 5.32 Å². The molecule has 112 valence electrons. The number of hydrogen-bond acceptors (Lipinski definition) is 4. The van der Waals surface area contributed by atoms with Crippen LogP contribution in [0.15, 0.2) is 24.3 Å². The minimum atomic E-state index is -0.294. The molecule has 0 radical (unpaired) electrons. The van der Waals surface area contributed by atoms with E-state index in [1.807, 2.05) is 12.1 Å². The molecule has 0 amide bonds.